The number of carbonyl (C=O) groups is 1. The average Bonchev–Trinajstić information content (AvgIpc) is 1.80. The fraction of sp³-hybridized carbons (Fsp3) is 0.800. The van der Waals surface area contributed by atoms with E-state index in [1.807, 2.05) is 0 Å². The molecule has 0 heterocycles. The lowest BCUT2D eigenvalue weighted by Gasteiger charge is -1.94. The minimum Gasteiger partial charge on any atom is -0.481 e. The number of alkyl halides is 1. The van der Waals surface area contributed by atoms with Crippen molar-refractivity contribution >= 4 is 5.97 Å². The van der Waals surface area contributed by atoms with Gasteiger partial charge in [-0.3, -0.25) is 4.79 Å². The highest BCUT2D eigenvalue weighted by atomic mass is 19.1. The lowest BCUT2D eigenvalue weighted by Crippen LogP contribution is -1.98. The first kappa shape index (κ1) is 8.36. The van der Waals surface area contributed by atoms with Crippen LogP contribution in [0.4, 0.5) is 4.39 Å². The van der Waals surface area contributed by atoms with Crippen LogP contribution in [0.25, 0.3) is 0 Å². The Labute approximate surface area is 52.4 Å². The minimum absolute atomic E-state index is 0.0417. The molecule has 0 aromatic heterocycles. The van der Waals surface area contributed by atoms with E-state index in [1.54, 1.807) is 0 Å². The second kappa shape index (κ2) is 5.50. The molecule has 0 bridgehead atoms. The van der Waals surface area contributed by atoms with Gasteiger partial charge in [0, 0.05) is 6.42 Å². The number of aliphatic carboxylic acids is 1. The summed E-state index contributed by atoms with van der Waals surface area (Å²) in [6.07, 6.45) is 0.416. The Kier molecular flexibility index (Phi) is 5.11. The molecule has 0 saturated carbocycles. The Bertz CT molecular complexity index is 84.3. The Morgan fingerprint density at radius 2 is 2.33 bits per heavy atom. The van der Waals surface area contributed by atoms with Crippen molar-refractivity contribution < 1.29 is 19.0 Å². The topological polar surface area (TPSA) is 46.5 Å². The van der Waals surface area contributed by atoms with Gasteiger partial charge in [0.1, 0.15) is 0 Å². The van der Waals surface area contributed by atoms with E-state index in [1.165, 1.54) is 0 Å². The maximum atomic E-state index is 11.1. The summed E-state index contributed by atoms with van der Waals surface area (Å²) in [4.78, 5) is 9.81. The molecule has 0 aliphatic rings. The van der Waals surface area contributed by atoms with Crippen LogP contribution in [0.5, 0.6) is 0 Å². The van der Waals surface area contributed by atoms with Crippen LogP contribution in [-0.4, -0.2) is 24.5 Å². The molecule has 0 aliphatic carbocycles. The van der Waals surface area contributed by atoms with Crippen molar-refractivity contribution in [2.75, 3.05) is 13.5 Å². The Morgan fingerprint density at radius 3 is 2.78 bits per heavy atom. The maximum Gasteiger partial charge on any atom is 0.303 e. The van der Waals surface area contributed by atoms with Crippen molar-refractivity contribution in [2.45, 2.75) is 12.8 Å². The number of rotatable bonds is 5. The molecule has 0 atom stereocenters. The van der Waals surface area contributed by atoms with Crippen LogP contribution in [0.2, 0.25) is 0 Å². The van der Waals surface area contributed by atoms with Crippen molar-refractivity contribution in [1.29, 1.82) is 0 Å². The first-order valence-electron chi connectivity index (χ1n) is 2.63. The van der Waals surface area contributed by atoms with Gasteiger partial charge in [-0.2, -0.15) is 0 Å². The van der Waals surface area contributed by atoms with Gasteiger partial charge in [0.15, 0.2) is 6.86 Å². The van der Waals surface area contributed by atoms with E-state index in [9.17, 15) is 9.18 Å². The van der Waals surface area contributed by atoms with Crippen molar-refractivity contribution in [3.05, 3.63) is 0 Å². The number of halogens is 1. The zero-order chi connectivity index (χ0) is 7.11. The Morgan fingerprint density at radius 1 is 1.67 bits per heavy atom. The lowest BCUT2D eigenvalue weighted by molar-refractivity contribution is -0.137. The number of hydrogen-bond donors (Lipinski definition) is 1. The molecular weight excluding hydrogens is 127 g/mol. The van der Waals surface area contributed by atoms with Gasteiger partial charge in [-0.05, 0) is 6.42 Å². The van der Waals surface area contributed by atoms with E-state index >= 15 is 0 Å². The molecule has 54 valence electrons. The summed E-state index contributed by atoms with van der Waals surface area (Å²) in [6, 6.07) is 0. The van der Waals surface area contributed by atoms with Crippen LogP contribution in [0.1, 0.15) is 12.8 Å². The second-order valence-corrected chi connectivity index (χ2v) is 1.51. The summed E-state index contributed by atoms with van der Waals surface area (Å²) in [5.74, 6) is -0.877. The minimum atomic E-state index is -0.877. The second-order valence-electron chi connectivity index (χ2n) is 1.51. The molecule has 4 heteroatoms. The monoisotopic (exact) mass is 136 g/mol. The van der Waals surface area contributed by atoms with Crippen molar-refractivity contribution in [1.82, 2.24) is 0 Å². The summed E-state index contributed by atoms with van der Waals surface area (Å²) in [7, 11) is 0. The van der Waals surface area contributed by atoms with Crippen LogP contribution < -0.4 is 0 Å². The van der Waals surface area contributed by atoms with Crippen LogP contribution in [-0.2, 0) is 9.53 Å². The number of carboxylic acids is 1. The maximum absolute atomic E-state index is 11.1. The van der Waals surface area contributed by atoms with E-state index in [-0.39, 0.29) is 13.0 Å². The largest absolute Gasteiger partial charge is 0.481 e. The molecule has 9 heavy (non-hydrogen) atoms. The van der Waals surface area contributed by atoms with E-state index in [0.29, 0.717) is 6.42 Å². The summed E-state index contributed by atoms with van der Waals surface area (Å²) in [6.45, 7) is -0.650. The molecule has 0 aromatic rings. The van der Waals surface area contributed by atoms with E-state index in [2.05, 4.69) is 4.74 Å². The lowest BCUT2D eigenvalue weighted by atomic mass is 10.3. The third-order valence-electron chi connectivity index (χ3n) is 0.756. The van der Waals surface area contributed by atoms with Gasteiger partial charge in [-0.25, -0.2) is 4.39 Å². The molecule has 0 aromatic carbocycles. The first-order chi connectivity index (χ1) is 4.27. The van der Waals surface area contributed by atoms with Gasteiger partial charge < -0.3 is 9.84 Å². The first-order valence-corrected chi connectivity index (χ1v) is 2.63. The third-order valence-corrected chi connectivity index (χ3v) is 0.756. The van der Waals surface area contributed by atoms with Crippen molar-refractivity contribution in [2.24, 2.45) is 0 Å². The molecule has 1 N–H and O–H groups in total. The average molecular weight is 136 g/mol. The number of carboxylic acid groups (broad SMARTS) is 1. The molecule has 0 aliphatic heterocycles. The molecule has 3 nitrogen and oxygen atoms in total. The summed E-state index contributed by atoms with van der Waals surface area (Å²) in [5, 5.41) is 8.06. The van der Waals surface area contributed by atoms with E-state index in [4.69, 9.17) is 5.11 Å². The third kappa shape index (κ3) is 7.36. The van der Waals surface area contributed by atoms with Crippen LogP contribution in [0.15, 0.2) is 0 Å². The molecule has 0 amide bonds. The highest BCUT2D eigenvalue weighted by molar-refractivity contribution is 5.66. The van der Waals surface area contributed by atoms with Gasteiger partial charge in [0.2, 0.25) is 0 Å². The normalized spacial score (nSPS) is 9.44. The molecule has 0 unspecified atom stereocenters. The van der Waals surface area contributed by atoms with Gasteiger partial charge in [-0.1, -0.05) is 0 Å². The fourth-order valence-electron chi connectivity index (χ4n) is 0.380. The van der Waals surface area contributed by atoms with Crippen molar-refractivity contribution in [3.63, 3.8) is 0 Å². The number of hydrogen-bond acceptors (Lipinski definition) is 2. The van der Waals surface area contributed by atoms with Gasteiger partial charge >= 0.3 is 5.97 Å². The SMILES string of the molecule is O=C(O)CCCOCF. The molecule has 0 fully saturated rings. The molecule has 0 radical (unpaired) electrons. The molecular formula is C5H9FO3. The molecule has 0 saturated heterocycles. The van der Waals surface area contributed by atoms with Gasteiger partial charge in [-0.15, -0.1) is 0 Å². The predicted octanol–water partition coefficient (Wildman–Crippen LogP) is 0.795. The Balaban J connectivity index is 2.83. The van der Waals surface area contributed by atoms with E-state index in [0.717, 1.165) is 0 Å². The van der Waals surface area contributed by atoms with Crippen LogP contribution in [0.3, 0.4) is 0 Å². The smallest absolute Gasteiger partial charge is 0.303 e. The molecule has 0 rings (SSSR count). The summed E-state index contributed by atoms with van der Waals surface area (Å²) >= 11 is 0. The number of ether oxygens (including phenoxy) is 1. The quantitative estimate of drug-likeness (QED) is 0.568. The highest BCUT2D eigenvalue weighted by Gasteiger charge is 1.94. The van der Waals surface area contributed by atoms with Gasteiger partial charge in [0.05, 0.1) is 6.61 Å². The van der Waals surface area contributed by atoms with Crippen LogP contribution >= 0.6 is 0 Å². The highest BCUT2D eigenvalue weighted by Crippen LogP contribution is 1.89. The van der Waals surface area contributed by atoms with Crippen LogP contribution in [0, 0.1) is 0 Å². The molecule has 0 spiro atoms. The fourth-order valence-corrected chi connectivity index (χ4v) is 0.380. The van der Waals surface area contributed by atoms with Gasteiger partial charge in [0.25, 0.3) is 0 Å². The Hall–Kier alpha value is -0.640. The predicted molar refractivity (Wildman–Crippen MR) is 28.8 cm³/mol. The summed E-state index contributed by atoms with van der Waals surface area (Å²) < 4.78 is 15.4. The standard InChI is InChI=1S/C5H9FO3/c6-4-9-3-1-2-5(7)8/h1-4H2,(H,7,8). The summed E-state index contributed by atoms with van der Waals surface area (Å²) in [5.41, 5.74) is 0. The zero-order valence-corrected chi connectivity index (χ0v) is 4.97. The van der Waals surface area contributed by atoms with Crippen molar-refractivity contribution in [3.8, 4) is 0 Å². The van der Waals surface area contributed by atoms with E-state index < -0.39 is 12.8 Å². The zero-order valence-electron chi connectivity index (χ0n) is 4.97.